The molecule has 0 saturated heterocycles. The van der Waals surface area contributed by atoms with Gasteiger partial charge in [0.25, 0.3) is 0 Å². The molecule has 2 unspecified atom stereocenters. The van der Waals surface area contributed by atoms with Crippen LogP contribution >= 0.6 is 27.7 Å². The zero-order valence-electron chi connectivity index (χ0n) is 8.60. The Labute approximate surface area is 95.4 Å². The molecule has 78 valence electrons. The Hall–Kier alpha value is 0.830. The predicted octanol–water partition coefficient (Wildman–Crippen LogP) is 4.47. The Morgan fingerprint density at radius 1 is 1.23 bits per heavy atom. The van der Waals surface area contributed by atoms with Gasteiger partial charge >= 0.3 is 0 Å². The summed E-state index contributed by atoms with van der Waals surface area (Å²) in [5.41, 5.74) is 0. The van der Waals surface area contributed by atoms with Crippen LogP contribution in [0.3, 0.4) is 0 Å². The van der Waals surface area contributed by atoms with Crippen LogP contribution in [0, 0.1) is 5.92 Å². The third-order valence-electron chi connectivity index (χ3n) is 2.90. The molecule has 1 aliphatic rings. The highest BCUT2D eigenvalue weighted by atomic mass is 79.9. The van der Waals surface area contributed by atoms with Crippen LogP contribution in [0.4, 0.5) is 0 Å². The van der Waals surface area contributed by atoms with Crippen molar-refractivity contribution >= 4 is 27.7 Å². The third-order valence-corrected chi connectivity index (χ3v) is 5.04. The molecule has 0 aliphatic heterocycles. The molecule has 0 heterocycles. The monoisotopic (exact) mass is 264 g/mol. The molecule has 0 radical (unpaired) electrons. The summed E-state index contributed by atoms with van der Waals surface area (Å²) in [7, 11) is 0. The Balaban J connectivity index is 2.19. The molecule has 13 heavy (non-hydrogen) atoms. The van der Waals surface area contributed by atoms with Gasteiger partial charge in [0.1, 0.15) is 0 Å². The van der Waals surface area contributed by atoms with Crippen molar-refractivity contribution in [2.24, 2.45) is 5.92 Å². The maximum absolute atomic E-state index is 3.85. The van der Waals surface area contributed by atoms with Gasteiger partial charge in [-0.3, -0.25) is 0 Å². The first kappa shape index (κ1) is 11.9. The number of halogens is 1. The molecular formula is C11H21BrS. The predicted molar refractivity (Wildman–Crippen MR) is 66.9 cm³/mol. The van der Waals surface area contributed by atoms with E-state index in [2.05, 4.69) is 34.6 Å². The summed E-state index contributed by atoms with van der Waals surface area (Å²) in [5.74, 6) is 3.60. The summed E-state index contributed by atoms with van der Waals surface area (Å²) < 4.78 is 0. The Bertz CT molecular complexity index is 127. The van der Waals surface area contributed by atoms with E-state index in [0.717, 1.165) is 10.7 Å². The van der Waals surface area contributed by atoms with Gasteiger partial charge in [-0.05, 0) is 36.7 Å². The van der Waals surface area contributed by atoms with Crippen molar-refractivity contribution in [3.05, 3.63) is 0 Å². The standard InChI is InChI=1S/C11H21BrS/c1-2-13-9-8-10-6-4-3-5-7-11(10)12/h10-11H,2-9H2,1H3. The van der Waals surface area contributed by atoms with E-state index in [1.54, 1.807) is 0 Å². The van der Waals surface area contributed by atoms with Crippen LogP contribution in [-0.2, 0) is 0 Å². The number of thioether (sulfide) groups is 1. The molecule has 1 fully saturated rings. The van der Waals surface area contributed by atoms with Crippen LogP contribution in [0.2, 0.25) is 0 Å². The van der Waals surface area contributed by atoms with Crippen molar-refractivity contribution in [3.63, 3.8) is 0 Å². The molecule has 0 aromatic rings. The van der Waals surface area contributed by atoms with Crippen LogP contribution < -0.4 is 0 Å². The van der Waals surface area contributed by atoms with Crippen LogP contribution in [0.5, 0.6) is 0 Å². The maximum atomic E-state index is 3.85. The lowest BCUT2D eigenvalue weighted by molar-refractivity contribution is 0.467. The summed E-state index contributed by atoms with van der Waals surface area (Å²) >= 11 is 5.94. The number of hydrogen-bond acceptors (Lipinski definition) is 1. The van der Waals surface area contributed by atoms with Crippen LogP contribution in [-0.4, -0.2) is 16.3 Å². The lowest BCUT2D eigenvalue weighted by Gasteiger charge is -2.19. The first-order valence-electron chi connectivity index (χ1n) is 5.56. The summed E-state index contributed by atoms with van der Waals surface area (Å²) in [4.78, 5) is 0.812. The average Bonchev–Trinajstić information content (AvgIpc) is 2.32. The van der Waals surface area contributed by atoms with E-state index in [1.807, 2.05) is 0 Å². The molecule has 0 amide bonds. The van der Waals surface area contributed by atoms with E-state index < -0.39 is 0 Å². The second-order valence-electron chi connectivity index (χ2n) is 3.90. The van der Waals surface area contributed by atoms with E-state index in [0.29, 0.717) is 0 Å². The summed E-state index contributed by atoms with van der Waals surface area (Å²) in [5, 5.41) is 0. The zero-order valence-corrected chi connectivity index (χ0v) is 11.0. The topological polar surface area (TPSA) is 0 Å². The van der Waals surface area contributed by atoms with Gasteiger partial charge in [-0.25, -0.2) is 0 Å². The lowest BCUT2D eigenvalue weighted by atomic mass is 9.98. The molecule has 0 N–H and O–H groups in total. The van der Waals surface area contributed by atoms with Gasteiger partial charge in [-0.2, -0.15) is 11.8 Å². The SMILES string of the molecule is CCSCCC1CCCCCC1Br. The number of hydrogen-bond donors (Lipinski definition) is 0. The highest BCUT2D eigenvalue weighted by Crippen LogP contribution is 2.31. The minimum absolute atomic E-state index is 0.812. The Kier molecular flexibility index (Phi) is 6.56. The molecule has 1 saturated carbocycles. The molecule has 0 aromatic heterocycles. The molecule has 2 atom stereocenters. The fraction of sp³-hybridized carbons (Fsp3) is 1.00. The van der Waals surface area contributed by atoms with E-state index in [1.165, 1.54) is 50.0 Å². The van der Waals surface area contributed by atoms with E-state index in [9.17, 15) is 0 Å². The molecule has 1 rings (SSSR count). The largest absolute Gasteiger partial charge is 0.162 e. The van der Waals surface area contributed by atoms with Gasteiger partial charge in [0, 0.05) is 4.83 Å². The third kappa shape index (κ3) is 4.73. The summed E-state index contributed by atoms with van der Waals surface area (Å²) in [6.07, 6.45) is 8.65. The fourth-order valence-corrected chi connectivity index (χ4v) is 3.65. The second kappa shape index (κ2) is 7.17. The first-order chi connectivity index (χ1) is 6.34. The van der Waals surface area contributed by atoms with Crippen LogP contribution in [0.1, 0.15) is 45.4 Å². The lowest BCUT2D eigenvalue weighted by Crippen LogP contribution is -2.13. The molecule has 0 aromatic carbocycles. The quantitative estimate of drug-likeness (QED) is 0.410. The van der Waals surface area contributed by atoms with Crippen molar-refractivity contribution in [2.45, 2.75) is 50.3 Å². The fourth-order valence-electron chi connectivity index (χ4n) is 2.04. The summed E-state index contributed by atoms with van der Waals surface area (Å²) in [6.45, 7) is 2.25. The minimum Gasteiger partial charge on any atom is -0.162 e. The number of alkyl halides is 1. The minimum atomic E-state index is 0.812. The van der Waals surface area contributed by atoms with Crippen LogP contribution in [0.15, 0.2) is 0 Å². The van der Waals surface area contributed by atoms with E-state index in [-0.39, 0.29) is 0 Å². The van der Waals surface area contributed by atoms with Gasteiger partial charge in [0.15, 0.2) is 0 Å². The summed E-state index contributed by atoms with van der Waals surface area (Å²) in [6, 6.07) is 0. The average molecular weight is 265 g/mol. The zero-order chi connectivity index (χ0) is 9.52. The molecule has 0 nitrogen and oxygen atoms in total. The molecule has 1 aliphatic carbocycles. The number of rotatable bonds is 4. The van der Waals surface area contributed by atoms with Crippen LogP contribution in [0.25, 0.3) is 0 Å². The molecule has 0 bridgehead atoms. The normalized spacial score (nSPS) is 30.0. The molecular weight excluding hydrogens is 244 g/mol. The van der Waals surface area contributed by atoms with Crippen molar-refractivity contribution in [2.75, 3.05) is 11.5 Å². The Morgan fingerprint density at radius 2 is 2.00 bits per heavy atom. The van der Waals surface area contributed by atoms with Crippen molar-refractivity contribution in [1.29, 1.82) is 0 Å². The molecule has 0 spiro atoms. The van der Waals surface area contributed by atoms with Crippen molar-refractivity contribution < 1.29 is 0 Å². The van der Waals surface area contributed by atoms with Gasteiger partial charge < -0.3 is 0 Å². The maximum Gasteiger partial charge on any atom is 0.0174 e. The van der Waals surface area contributed by atoms with Gasteiger partial charge in [-0.15, -0.1) is 0 Å². The van der Waals surface area contributed by atoms with Crippen molar-refractivity contribution in [3.8, 4) is 0 Å². The van der Waals surface area contributed by atoms with Gasteiger partial charge in [0.05, 0.1) is 0 Å². The highest BCUT2D eigenvalue weighted by Gasteiger charge is 2.20. The van der Waals surface area contributed by atoms with Gasteiger partial charge in [0.2, 0.25) is 0 Å². The van der Waals surface area contributed by atoms with E-state index in [4.69, 9.17) is 0 Å². The molecule has 2 heteroatoms. The van der Waals surface area contributed by atoms with Gasteiger partial charge in [-0.1, -0.05) is 42.1 Å². The Morgan fingerprint density at radius 3 is 2.77 bits per heavy atom. The van der Waals surface area contributed by atoms with E-state index >= 15 is 0 Å². The highest BCUT2D eigenvalue weighted by molar-refractivity contribution is 9.09. The second-order valence-corrected chi connectivity index (χ2v) is 6.47. The first-order valence-corrected chi connectivity index (χ1v) is 7.63. The smallest absolute Gasteiger partial charge is 0.0174 e. The van der Waals surface area contributed by atoms with Crippen molar-refractivity contribution in [1.82, 2.24) is 0 Å².